The topological polar surface area (TPSA) is 38.3 Å². The molecule has 0 unspecified atom stereocenters. The van der Waals surface area contributed by atoms with E-state index in [1.165, 1.54) is 12.1 Å². The van der Waals surface area contributed by atoms with E-state index in [4.69, 9.17) is 16.3 Å². The molecule has 0 fully saturated rings. The largest absolute Gasteiger partial charge is 0.488 e. The van der Waals surface area contributed by atoms with Crippen LogP contribution in [-0.2, 0) is 4.79 Å². The van der Waals surface area contributed by atoms with Gasteiger partial charge in [-0.25, -0.2) is 4.39 Å². The third-order valence-electron chi connectivity index (χ3n) is 3.10. The number of anilines is 1. The van der Waals surface area contributed by atoms with Crippen LogP contribution in [-0.4, -0.2) is 12.5 Å². The number of carbonyl (C=O) groups is 1. The predicted molar refractivity (Wildman–Crippen MR) is 80.0 cm³/mol. The molecule has 106 valence electrons. The van der Waals surface area contributed by atoms with Crippen molar-refractivity contribution in [3.63, 3.8) is 0 Å². The Hall–Kier alpha value is -2.33. The molecule has 2 aromatic rings. The number of halogens is 2. The van der Waals surface area contributed by atoms with Gasteiger partial charge in [-0.15, -0.1) is 0 Å². The maximum Gasteiger partial charge on any atom is 0.255 e. The van der Waals surface area contributed by atoms with Crippen LogP contribution < -0.4 is 10.1 Å². The molecule has 21 heavy (non-hydrogen) atoms. The van der Waals surface area contributed by atoms with Gasteiger partial charge < -0.3 is 10.1 Å². The van der Waals surface area contributed by atoms with E-state index in [2.05, 4.69) is 5.32 Å². The molecule has 1 amide bonds. The van der Waals surface area contributed by atoms with Crippen molar-refractivity contribution in [3.8, 4) is 5.75 Å². The summed E-state index contributed by atoms with van der Waals surface area (Å²) in [4.78, 5) is 12.2. The van der Waals surface area contributed by atoms with Gasteiger partial charge >= 0.3 is 0 Å². The predicted octanol–water partition coefficient (Wildman–Crippen LogP) is 3.89. The van der Waals surface area contributed by atoms with E-state index in [1.807, 2.05) is 24.3 Å². The van der Waals surface area contributed by atoms with Crippen molar-refractivity contribution in [2.75, 3.05) is 11.9 Å². The van der Waals surface area contributed by atoms with E-state index in [-0.39, 0.29) is 17.5 Å². The number of para-hydroxylation sites is 1. The van der Waals surface area contributed by atoms with Crippen molar-refractivity contribution in [2.45, 2.75) is 0 Å². The van der Waals surface area contributed by atoms with Gasteiger partial charge in [0.2, 0.25) is 0 Å². The molecule has 3 rings (SSSR count). The number of nitrogens with one attached hydrogen (secondary N) is 1. The normalized spacial score (nSPS) is 13.0. The smallest absolute Gasteiger partial charge is 0.255 e. The van der Waals surface area contributed by atoms with E-state index in [0.717, 1.165) is 17.4 Å². The van der Waals surface area contributed by atoms with E-state index in [0.29, 0.717) is 11.3 Å². The molecule has 1 N–H and O–H groups in total. The molecule has 0 aliphatic carbocycles. The van der Waals surface area contributed by atoms with Crippen LogP contribution in [0.5, 0.6) is 5.75 Å². The minimum absolute atomic E-state index is 0.154. The lowest BCUT2D eigenvalue weighted by atomic mass is 10.1. The van der Waals surface area contributed by atoms with Crippen molar-refractivity contribution < 1.29 is 13.9 Å². The van der Waals surface area contributed by atoms with Crippen LogP contribution in [0.25, 0.3) is 6.08 Å². The zero-order valence-electron chi connectivity index (χ0n) is 10.9. The molecular formula is C16H11ClFNO2. The molecule has 0 spiro atoms. The number of carbonyl (C=O) groups excluding carboxylic acids is 1. The van der Waals surface area contributed by atoms with Gasteiger partial charge in [0.05, 0.1) is 16.3 Å². The van der Waals surface area contributed by atoms with Crippen molar-refractivity contribution in [1.82, 2.24) is 0 Å². The summed E-state index contributed by atoms with van der Waals surface area (Å²) in [6.45, 7) is 0.182. The second-order valence-corrected chi connectivity index (χ2v) is 4.98. The first kappa shape index (κ1) is 13.6. The Morgan fingerprint density at radius 1 is 1.24 bits per heavy atom. The van der Waals surface area contributed by atoms with Crippen LogP contribution in [0.15, 0.2) is 48.0 Å². The van der Waals surface area contributed by atoms with Crippen LogP contribution in [0.1, 0.15) is 5.56 Å². The van der Waals surface area contributed by atoms with Gasteiger partial charge in [-0.3, -0.25) is 4.79 Å². The quantitative estimate of drug-likeness (QED) is 0.914. The van der Waals surface area contributed by atoms with Crippen molar-refractivity contribution in [2.24, 2.45) is 0 Å². The Labute approximate surface area is 126 Å². The SMILES string of the molecule is O=C(Nc1ccc(F)cc1Cl)C1=Cc2ccccc2OC1. The Kier molecular flexibility index (Phi) is 3.62. The number of rotatable bonds is 2. The zero-order chi connectivity index (χ0) is 14.8. The number of fused-ring (bicyclic) bond motifs is 1. The third-order valence-corrected chi connectivity index (χ3v) is 3.42. The number of ether oxygens (including phenoxy) is 1. The van der Waals surface area contributed by atoms with Gasteiger partial charge in [0.25, 0.3) is 5.91 Å². The van der Waals surface area contributed by atoms with Gasteiger partial charge in [-0.1, -0.05) is 29.8 Å². The maximum absolute atomic E-state index is 13.0. The van der Waals surface area contributed by atoms with Crippen LogP contribution in [0.4, 0.5) is 10.1 Å². The average molecular weight is 304 g/mol. The Morgan fingerprint density at radius 3 is 2.86 bits per heavy atom. The maximum atomic E-state index is 13.0. The highest BCUT2D eigenvalue weighted by Crippen LogP contribution is 2.27. The van der Waals surface area contributed by atoms with E-state index in [9.17, 15) is 9.18 Å². The zero-order valence-corrected chi connectivity index (χ0v) is 11.7. The van der Waals surface area contributed by atoms with Gasteiger partial charge in [0, 0.05) is 5.56 Å². The summed E-state index contributed by atoms with van der Waals surface area (Å²) >= 11 is 5.89. The second-order valence-electron chi connectivity index (χ2n) is 4.57. The molecule has 0 aromatic heterocycles. The first-order valence-electron chi connectivity index (χ1n) is 6.32. The van der Waals surface area contributed by atoms with Crippen LogP contribution in [0, 0.1) is 5.82 Å². The summed E-state index contributed by atoms with van der Waals surface area (Å²) in [7, 11) is 0. The first-order valence-corrected chi connectivity index (χ1v) is 6.70. The number of hydrogen-bond acceptors (Lipinski definition) is 2. The fourth-order valence-corrected chi connectivity index (χ4v) is 2.26. The summed E-state index contributed by atoms with van der Waals surface area (Å²) in [6.07, 6.45) is 1.77. The van der Waals surface area contributed by atoms with Gasteiger partial charge in [0.1, 0.15) is 18.2 Å². The summed E-state index contributed by atoms with van der Waals surface area (Å²) in [6, 6.07) is 11.3. The molecule has 3 nitrogen and oxygen atoms in total. The summed E-state index contributed by atoms with van der Waals surface area (Å²) < 4.78 is 18.5. The Morgan fingerprint density at radius 2 is 2.05 bits per heavy atom. The van der Waals surface area contributed by atoms with Crippen molar-refractivity contribution >= 4 is 29.3 Å². The number of hydrogen-bond donors (Lipinski definition) is 1. The van der Waals surface area contributed by atoms with E-state index >= 15 is 0 Å². The fourth-order valence-electron chi connectivity index (χ4n) is 2.04. The third kappa shape index (κ3) is 2.90. The molecule has 2 aromatic carbocycles. The van der Waals surface area contributed by atoms with Gasteiger partial charge in [-0.05, 0) is 30.3 Å². The molecule has 0 bridgehead atoms. The number of amides is 1. The lowest BCUT2D eigenvalue weighted by Gasteiger charge is -2.17. The van der Waals surface area contributed by atoms with Gasteiger partial charge in [-0.2, -0.15) is 0 Å². The lowest BCUT2D eigenvalue weighted by molar-refractivity contribution is -0.113. The highest BCUT2D eigenvalue weighted by Gasteiger charge is 2.17. The van der Waals surface area contributed by atoms with Gasteiger partial charge in [0.15, 0.2) is 0 Å². The van der Waals surface area contributed by atoms with E-state index < -0.39 is 5.82 Å². The molecular weight excluding hydrogens is 293 g/mol. The van der Waals surface area contributed by atoms with Crippen molar-refractivity contribution in [3.05, 3.63) is 64.4 Å². The first-order chi connectivity index (χ1) is 10.1. The Balaban J connectivity index is 1.82. The molecule has 0 atom stereocenters. The standard InChI is InChI=1S/C16H11ClFNO2/c17-13-8-12(18)5-6-14(13)19-16(20)11-7-10-3-1-2-4-15(10)21-9-11/h1-8H,9H2,(H,19,20). The lowest BCUT2D eigenvalue weighted by Crippen LogP contribution is -2.21. The summed E-state index contributed by atoms with van der Waals surface area (Å²) in [5.41, 5.74) is 1.69. The molecule has 0 saturated heterocycles. The average Bonchev–Trinajstić information content (AvgIpc) is 2.49. The second kappa shape index (κ2) is 5.58. The summed E-state index contributed by atoms with van der Waals surface area (Å²) in [5.74, 6) is -0.0287. The number of benzene rings is 2. The van der Waals surface area contributed by atoms with Crippen LogP contribution in [0.3, 0.4) is 0 Å². The van der Waals surface area contributed by atoms with Crippen LogP contribution >= 0.6 is 11.6 Å². The molecule has 1 aliphatic heterocycles. The summed E-state index contributed by atoms with van der Waals surface area (Å²) in [5, 5.41) is 2.81. The highest BCUT2D eigenvalue weighted by molar-refractivity contribution is 6.34. The van der Waals surface area contributed by atoms with Crippen molar-refractivity contribution in [1.29, 1.82) is 0 Å². The molecule has 5 heteroatoms. The fraction of sp³-hybridized carbons (Fsp3) is 0.0625. The molecule has 0 radical (unpaired) electrons. The monoisotopic (exact) mass is 303 g/mol. The minimum atomic E-state index is -0.452. The molecule has 1 heterocycles. The molecule has 0 saturated carbocycles. The van der Waals surface area contributed by atoms with Crippen LogP contribution in [0.2, 0.25) is 5.02 Å². The highest BCUT2D eigenvalue weighted by atomic mass is 35.5. The Bertz CT molecular complexity index is 743. The molecule has 1 aliphatic rings. The van der Waals surface area contributed by atoms with E-state index in [1.54, 1.807) is 6.08 Å². The minimum Gasteiger partial charge on any atom is -0.488 e.